The van der Waals surface area contributed by atoms with Crippen LogP contribution in [0.25, 0.3) is 0 Å². The van der Waals surface area contributed by atoms with E-state index in [-0.39, 0.29) is 0 Å². The topological polar surface area (TPSA) is 12.0 Å². The molecule has 1 aromatic carbocycles. The zero-order chi connectivity index (χ0) is 13.0. The lowest BCUT2D eigenvalue weighted by atomic mass is 10.00. The van der Waals surface area contributed by atoms with Crippen LogP contribution in [0.3, 0.4) is 0 Å². The van der Waals surface area contributed by atoms with Crippen LogP contribution in [0.4, 0.5) is 0 Å². The largest absolute Gasteiger partial charge is 0.306 e. The Bertz CT molecular complexity index is 493. The van der Waals surface area contributed by atoms with Crippen LogP contribution in [-0.4, -0.2) is 6.54 Å². The summed E-state index contributed by atoms with van der Waals surface area (Å²) in [6, 6.07) is 9.11. The fraction of sp³-hybridized carbons (Fsp3) is 0.333. The van der Waals surface area contributed by atoms with E-state index in [0.717, 1.165) is 13.0 Å². The lowest BCUT2D eigenvalue weighted by Gasteiger charge is -2.19. The Morgan fingerprint density at radius 3 is 2.72 bits per heavy atom. The minimum atomic E-state index is 0.299. The molecule has 2 aromatic rings. The van der Waals surface area contributed by atoms with Crippen molar-refractivity contribution in [1.29, 1.82) is 0 Å². The maximum absolute atomic E-state index is 3.62. The molecule has 3 heteroatoms. The highest BCUT2D eigenvalue weighted by molar-refractivity contribution is 9.10. The van der Waals surface area contributed by atoms with Crippen LogP contribution in [0.1, 0.15) is 36.1 Å². The zero-order valence-corrected chi connectivity index (χ0v) is 13.1. The fourth-order valence-electron chi connectivity index (χ4n) is 1.94. The smallest absolute Gasteiger partial charge is 0.0585 e. The van der Waals surface area contributed by atoms with Gasteiger partial charge in [-0.25, -0.2) is 0 Å². The van der Waals surface area contributed by atoms with Gasteiger partial charge in [0, 0.05) is 4.47 Å². The van der Waals surface area contributed by atoms with Crippen LogP contribution in [0.2, 0.25) is 0 Å². The lowest BCUT2D eigenvalue weighted by Crippen LogP contribution is -2.22. The van der Waals surface area contributed by atoms with Crippen LogP contribution in [0.15, 0.2) is 39.5 Å². The fourth-order valence-corrected chi connectivity index (χ4v) is 3.03. The second-order valence-corrected chi connectivity index (χ2v) is 6.09. The van der Waals surface area contributed by atoms with E-state index in [9.17, 15) is 0 Å². The van der Waals surface area contributed by atoms with Crippen molar-refractivity contribution in [1.82, 2.24) is 5.32 Å². The van der Waals surface area contributed by atoms with Gasteiger partial charge in [0.25, 0.3) is 0 Å². The quantitative estimate of drug-likeness (QED) is 0.824. The van der Waals surface area contributed by atoms with Gasteiger partial charge in [-0.2, -0.15) is 11.3 Å². The molecule has 0 saturated heterocycles. The molecule has 0 saturated carbocycles. The van der Waals surface area contributed by atoms with E-state index in [1.807, 2.05) is 0 Å². The van der Waals surface area contributed by atoms with Gasteiger partial charge in [-0.05, 0) is 59.5 Å². The average molecular weight is 324 g/mol. The maximum atomic E-state index is 3.62. The number of rotatable bonds is 5. The first kappa shape index (κ1) is 13.8. The van der Waals surface area contributed by atoms with E-state index in [1.54, 1.807) is 11.3 Å². The van der Waals surface area contributed by atoms with E-state index in [4.69, 9.17) is 0 Å². The number of hydrogen-bond donors (Lipinski definition) is 1. The molecular formula is C15H18BrNS. The van der Waals surface area contributed by atoms with E-state index in [2.05, 4.69) is 70.1 Å². The number of thiophene rings is 1. The van der Waals surface area contributed by atoms with Gasteiger partial charge in [-0.15, -0.1) is 0 Å². The zero-order valence-electron chi connectivity index (χ0n) is 10.7. The SMILES string of the molecule is CCCNC(c1ccsc1)c1ccc(C)c(Br)c1. The molecule has 1 unspecified atom stereocenters. The Balaban J connectivity index is 2.30. The van der Waals surface area contributed by atoms with Crippen molar-refractivity contribution in [3.63, 3.8) is 0 Å². The van der Waals surface area contributed by atoms with Crippen molar-refractivity contribution in [2.75, 3.05) is 6.54 Å². The molecule has 0 spiro atoms. The molecule has 0 radical (unpaired) electrons. The summed E-state index contributed by atoms with van der Waals surface area (Å²) in [5.41, 5.74) is 3.95. The van der Waals surface area contributed by atoms with E-state index in [0.29, 0.717) is 6.04 Å². The molecule has 1 aromatic heterocycles. The highest BCUT2D eigenvalue weighted by Crippen LogP contribution is 2.27. The molecule has 2 rings (SSSR count). The third kappa shape index (κ3) is 3.22. The van der Waals surface area contributed by atoms with E-state index >= 15 is 0 Å². The molecule has 0 amide bonds. The van der Waals surface area contributed by atoms with Crippen molar-refractivity contribution in [3.8, 4) is 0 Å². The van der Waals surface area contributed by atoms with E-state index < -0.39 is 0 Å². The molecule has 0 aliphatic carbocycles. The summed E-state index contributed by atoms with van der Waals surface area (Å²) in [6.07, 6.45) is 1.15. The Morgan fingerprint density at radius 1 is 1.28 bits per heavy atom. The number of halogens is 1. The number of aryl methyl sites for hydroxylation is 1. The highest BCUT2D eigenvalue weighted by atomic mass is 79.9. The molecule has 1 atom stereocenters. The average Bonchev–Trinajstić information content (AvgIpc) is 2.88. The maximum Gasteiger partial charge on any atom is 0.0585 e. The van der Waals surface area contributed by atoms with Gasteiger partial charge in [0.15, 0.2) is 0 Å². The Labute approximate surface area is 121 Å². The molecule has 0 aliphatic rings. The summed E-state index contributed by atoms with van der Waals surface area (Å²) in [5.74, 6) is 0. The van der Waals surface area contributed by atoms with Crippen molar-refractivity contribution in [2.24, 2.45) is 0 Å². The molecule has 0 bridgehead atoms. The van der Waals surface area contributed by atoms with Gasteiger partial charge in [0.05, 0.1) is 6.04 Å². The van der Waals surface area contributed by atoms with E-state index in [1.165, 1.54) is 21.2 Å². The highest BCUT2D eigenvalue weighted by Gasteiger charge is 2.14. The van der Waals surface area contributed by atoms with Crippen molar-refractivity contribution in [2.45, 2.75) is 26.3 Å². The summed E-state index contributed by atoms with van der Waals surface area (Å²) in [7, 11) is 0. The van der Waals surface area contributed by atoms with Gasteiger partial charge < -0.3 is 5.32 Å². The number of nitrogens with one attached hydrogen (secondary N) is 1. The van der Waals surface area contributed by atoms with Gasteiger partial charge >= 0.3 is 0 Å². The standard InChI is InChI=1S/C15H18BrNS/c1-3-7-17-15(13-6-8-18-10-13)12-5-4-11(2)14(16)9-12/h4-6,8-10,15,17H,3,7H2,1-2H3. The molecule has 0 aliphatic heterocycles. The van der Waals surface area contributed by atoms with Crippen molar-refractivity contribution < 1.29 is 0 Å². The molecule has 18 heavy (non-hydrogen) atoms. The third-order valence-corrected chi connectivity index (χ3v) is 4.56. The second-order valence-electron chi connectivity index (χ2n) is 4.45. The summed E-state index contributed by atoms with van der Waals surface area (Å²) >= 11 is 5.37. The summed E-state index contributed by atoms with van der Waals surface area (Å²) in [4.78, 5) is 0. The first-order valence-electron chi connectivity index (χ1n) is 6.24. The Hall–Kier alpha value is -0.640. The summed E-state index contributed by atoms with van der Waals surface area (Å²) < 4.78 is 1.18. The summed E-state index contributed by atoms with van der Waals surface area (Å²) in [5, 5.41) is 7.98. The Kier molecular flexibility index (Phi) is 4.98. The first-order chi connectivity index (χ1) is 8.72. The van der Waals surface area contributed by atoms with Crippen LogP contribution in [0, 0.1) is 6.92 Å². The molecule has 1 N–H and O–H groups in total. The van der Waals surface area contributed by atoms with Gasteiger partial charge in [-0.3, -0.25) is 0 Å². The minimum Gasteiger partial charge on any atom is -0.306 e. The monoisotopic (exact) mass is 323 g/mol. The van der Waals surface area contributed by atoms with Crippen molar-refractivity contribution >= 4 is 27.3 Å². The van der Waals surface area contributed by atoms with Crippen molar-refractivity contribution in [3.05, 3.63) is 56.2 Å². The van der Waals surface area contributed by atoms with Gasteiger partial charge in [0.2, 0.25) is 0 Å². The molecule has 1 nitrogen and oxygen atoms in total. The number of benzene rings is 1. The van der Waals surface area contributed by atoms with Gasteiger partial charge in [-0.1, -0.05) is 35.0 Å². The third-order valence-electron chi connectivity index (χ3n) is 3.00. The molecule has 0 fully saturated rings. The van der Waals surface area contributed by atoms with Gasteiger partial charge in [0.1, 0.15) is 0 Å². The molecule has 1 heterocycles. The molecular weight excluding hydrogens is 306 g/mol. The minimum absolute atomic E-state index is 0.299. The predicted octanol–water partition coefficient (Wildman–Crippen LogP) is 4.91. The summed E-state index contributed by atoms with van der Waals surface area (Å²) in [6.45, 7) is 5.35. The molecule has 96 valence electrons. The number of hydrogen-bond acceptors (Lipinski definition) is 2. The second kappa shape index (κ2) is 6.50. The normalized spacial score (nSPS) is 12.6. The van der Waals surface area contributed by atoms with Crippen LogP contribution in [0.5, 0.6) is 0 Å². The van der Waals surface area contributed by atoms with Crippen LogP contribution < -0.4 is 5.32 Å². The Morgan fingerprint density at radius 2 is 2.11 bits per heavy atom. The lowest BCUT2D eigenvalue weighted by molar-refractivity contribution is 0.599. The van der Waals surface area contributed by atoms with Crippen LogP contribution in [-0.2, 0) is 0 Å². The predicted molar refractivity (Wildman–Crippen MR) is 83.3 cm³/mol. The van der Waals surface area contributed by atoms with Crippen LogP contribution >= 0.6 is 27.3 Å². The first-order valence-corrected chi connectivity index (χ1v) is 7.97.